The maximum Gasteiger partial charge on any atom is 0.242 e. The summed E-state index contributed by atoms with van der Waals surface area (Å²) in [5.41, 5.74) is 2.58. The molecule has 0 aromatic heterocycles. The number of nitrogens with zero attached hydrogens (tertiary/aromatic N) is 1. The molecule has 1 aliphatic rings. The maximum atomic E-state index is 11.9. The number of rotatable bonds is 3. The van der Waals surface area contributed by atoms with Crippen LogP contribution in [0.4, 0.5) is 5.69 Å². The van der Waals surface area contributed by atoms with Crippen molar-refractivity contribution in [2.75, 3.05) is 18.0 Å². The first-order valence-corrected chi connectivity index (χ1v) is 6.36. The monoisotopic (exact) mass is 232 g/mol. The zero-order chi connectivity index (χ0) is 12.3. The number of likely N-dealkylation sites (N-methyl/N-ethyl adjacent to an activating group) is 1. The molecule has 0 spiro atoms. The Kier molecular flexibility index (Phi) is 3.67. The second-order valence-electron chi connectivity index (χ2n) is 4.50. The Labute approximate surface area is 103 Å². The van der Waals surface area contributed by atoms with E-state index in [9.17, 15) is 4.79 Å². The minimum atomic E-state index is -0.0867. The van der Waals surface area contributed by atoms with Gasteiger partial charge < -0.3 is 10.2 Å². The normalized spacial score (nSPS) is 16.2. The van der Waals surface area contributed by atoms with Crippen molar-refractivity contribution >= 4 is 11.6 Å². The predicted molar refractivity (Wildman–Crippen MR) is 70.3 cm³/mol. The van der Waals surface area contributed by atoms with E-state index in [4.69, 9.17) is 0 Å². The number of para-hydroxylation sites is 1. The summed E-state index contributed by atoms with van der Waals surface area (Å²) in [6, 6.07) is 8.30. The van der Waals surface area contributed by atoms with Crippen molar-refractivity contribution in [1.82, 2.24) is 5.32 Å². The zero-order valence-corrected chi connectivity index (χ0v) is 10.6. The highest BCUT2D eigenvalue weighted by Crippen LogP contribution is 2.28. The Hall–Kier alpha value is -1.51. The van der Waals surface area contributed by atoms with Gasteiger partial charge in [0.25, 0.3) is 0 Å². The lowest BCUT2D eigenvalue weighted by Crippen LogP contribution is -2.47. The molecule has 0 saturated carbocycles. The van der Waals surface area contributed by atoms with Gasteiger partial charge in [0, 0.05) is 18.8 Å². The summed E-state index contributed by atoms with van der Waals surface area (Å²) in [6.45, 7) is 5.59. The molecule has 0 bridgehead atoms. The third-order valence-electron chi connectivity index (χ3n) is 3.34. The van der Waals surface area contributed by atoms with Crippen LogP contribution in [0.1, 0.15) is 25.8 Å². The van der Waals surface area contributed by atoms with Gasteiger partial charge in [0.15, 0.2) is 0 Å². The van der Waals surface area contributed by atoms with Gasteiger partial charge in [-0.15, -0.1) is 0 Å². The molecule has 1 amide bonds. The van der Waals surface area contributed by atoms with Gasteiger partial charge in [0.05, 0.1) is 0 Å². The smallest absolute Gasteiger partial charge is 0.242 e. The summed E-state index contributed by atoms with van der Waals surface area (Å²) in [7, 11) is 0. The van der Waals surface area contributed by atoms with Crippen molar-refractivity contribution < 1.29 is 4.79 Å². The Morgan fingerprint density at radius 3 is 3.00 bits per heavy atom. The number of benzene rings is 1. The second-order valence-corrected chi connectivity index (χ2v) is 4.50. The van der Waals surface area contributed by atoms with Gasteiger partial charge in [-0.1, -0.05) is 18.2 Å². The third-order valence-corrected chi connectivity index (χ3v) is 3.34. The van der Waals surface area contributed by atoms with E-state index >= 15 is 0 Å². The fourth-order valence-corrected chi connectivity index (χ4v) is 2.43. The van der Waals surface area contributed by atoms with Crippen LogP contribution in [-0.2, 0) is 11.2 Å². The van der Waals surface area contributed by atoms with Crippen molar-refractivity contribution in [2.45, 2.75) is 32.7 Å². The lowest BCUT2D eigenvalue weighted by atomic mass is 10.00. The summed E-state index contributed by atoms with van der Waals surface area (Å²) in [5, 5.41) is 2.89. The maximum absolute atomic E-state index is 11.9. The highest BCUT2D eigenvalue weighted by molar-refractivity contribution is 5.85. The molecule has 0 saturated heterocycles. The van der Waals surface area contributed by atoms with Crippen LogP contribution in [0.15, 0.2) is 24.3 Å². The molecule has 3 heteroatoms. The molecule has 0 fully saturated rings. The molecule has 92 valence electrons. The number of carbonyl (C=O) groups excluding carboxylic acids is 1. The Balaban J connectivity index is 2.20. The van der Waals surface area contributed by atoms with E-state index in [0.717, 1.165) is 19.4 Å². The van der Waals surface area contributed by atoms with Gasteiger partial charge in [-0.05, 0) is 38.3 Å². The Bertz CT molecular complexity index is 403. The van der Waals surface area contributed by atoms with Crippen molar-refractivity contribution in [3.63, 3.8) is 0 Å². The fourth-order valence-electron chi connectivity index (χ4n) is 2.43. The third kappa shape index (κ3) is 2.43. The molecule has 0 radical (unpaired) electrons. The van der Waals surface area contributed by atoms with Crippen molar-refractivity contribution in [3.05, 3.63) is 29.8 Å². The first-order valence-electron chi connectivity index (χ1n) is 6.36. The van der Waals surface area contributed by atoms with Crippen LogP contribution in [-0.4, -0.2) is 25.0 Å². The number of carbonyl (C=O) groups is 1. The van der Waals surface area contributed by atoms with Crippen LogP contribution < -0.4 is 10.2 Å². The molecule has 1 atom stereocenters. The molecule has 3 nitrogen and oxygen atoms in total. The number of aryl methyl sites for hydroxylation is 1. The number of nitrogens with one attached hydrogen (secondary N) is 1. The minimum absolute atomic E-state index is 0.0867. The average Bonchev–Trinajstić information content (AvgIpc) is 2.37. The first kappa shape index (κ1) is 12.0. The van der Waals surface area contributed by atoms with Crippen LogP contribution in [0.2, 0.25) is 0 Å². The molecule has 0 unspecified atom stereocenters. The number of hydrogen-bond donors (Lipinski definition) is 1. The van der Waals surface area contributed by atoms with Gasteiger partial charge >= 0.3 is 0 Å². The van der Waals surface area contributed by atoms with Gasteiger partial charge in [-0.3, -0.25) is 4.79 Å². The average molecular weight is 232 g/mol. The van der Waals surface area contributed by atoms with Crippen molar-refractivity contribution in [2.24, 2.45) is 0 Å². The molecular formula is C14H20N2O. The van der Waals surface area contributed by atoms with E-state index < -0.39 is 0 Å². The van der Waals surface area contributed by atoms with E-state index in [1.54, 1.807) is 0 Å². The number of anilines is 1. The largest absolute Gasteiger partial charge is 0.360 e. The summed E-state index contributed by atoms with van der Waals surface area (Å²) in [6.07, 6.45) is 2.25. The molecule has 0 aliphatic carbocycles. The lowest BCUT2D eigenvalue weighted by molar-refractivity contribution is -0.122. The minimum Gasteiger partial charge on any atom is -0.360 e. The van der Waals surface area contributed by atoms with E-state index in [1.165, 1.54) is 11.3 Å². The number of amides is 1. The van der Waals surface area contributed by atoms with E-state index in [2.05, 4.69) is 28.4 Å². The molecule has 1 aromatic carbocycles. The molecular weight excluding hydrogens is 212 g/mol. The van der Waals surface area contributed by atoms with E-state index in [-0.39, 0.29) is 11.9 Å². The van der Waals surface area contributed by atoms with Gasteiger partial charge in [-0.25, -0.2) is 0 Å². The van der Waals surface area contributed by atoms with Crippen LogP contribution >= 0.6 is 0 Å². The Morgan fingerprint density at radius 1 is 1.47 bits per heavy atom. The van der Waals surface area contributed by atoms with Crippen LogP contribution in [0.25, 0.3) is 0 Å². The predicted octanol–water partition coefficient (Wildman–Crippen LogP) is 1.96. The first-order chi connectivity index (χ1) is 8.24. The van der Waals surface area contributed by atoms with Gasteiger partial charge in [0.2, 0.25) is 5.91 Å². The zero-order valence-electron chi connectivity index (χ0n) is 10.6. The van der Waals surface area contributed by atoms with E-state index in [1.807, 2.05) is 19.9 Å². The Morgan fingerprint density at radius 2 is 2.24 bits per heavy atom. The number of fused-ring (bicyclic) bond motifs is 1. The van der Waals surface area contributed by atoms with Gasteiger partial charge in [0.1, 0.15) is 6.04 Å². The van der Waals surface area contributed by atoms with Crippen LogP contribution in [0, 0.1) is 0 Å². The number of hydrogen-bond acceptors (Lipinski definition) is 2. The van der Waals surface area contributed by atoms with E-state index in [0.29, 0.717) is 6.54 Å². The summed E-state index contributed by atoms with van der Waals surface area (Å²) < 4.78 is 0. The van der Waals surface area contributed by atoms with Crippen molar-refractivity contribution in [3.8, 4) is 0 Å². The SMILES string of the molecule is CCNC(=O)[C@H](C)N1CCCc2ccccc21. The standard InChI is InChI=1S/C14H20N2O/c1-3-15-14(17)11(2)16-10-6-8-12-7-4-5-9-13(12)16/h4-5,7,9,11H,3,6,8,10H2,1-2H3,(H,15,17)/t11-/m0/s1. The fraction of sp³-hybridized carbons (Fsp3) is 0.500. The van der Waals surface area contributed by atoms with Crippen LogP contribution in [0.3, 0.4) is 0 Å². The molecule has 1 aromatic rings. The molecule has 1 heterocycles. The molecule has 2 rings (SSSR count). The van der Waals surface area contributed by atoms with Crippen LogP contribution in [0.5, 0.6) is 0 Å². The summed E-state index contributed by atoms with van der Waals surface area (Å²) in [5.74, 6) is 0.115. The highest BCUT2D eigenvalue weighted by atomic mass is 16.2. The second kappa shape index (κ2) is 5.21. The molecule has 1 aliphatic heterocycles. The summed E-state index contributed by atoms with van der Waals surface area (Å²) in [4.78, 5) is 14.1. The summed E-state index contributed by atoms with van der Waals surface area (Å²) >= 11 is 0. The molecule has 1 N–H and O–H groups in total. The highest BCUT2D eigenvalue weighted by Gasteiger charge is 2.25. The lowest BCUT2D eigenvalue weighted by Gasteiger charge is -2.35. The topological polar surface area (TPSA) is 32.3 Å². The molecule has 17 heavy (non-hydrogen) atoms. The van der Waals surface area contributed by atoms with Gasteiger partial charge in [-0.2, -0.15) is 0 Å². The quantitative estimate of drug-likeness (QED) is 0.864. The van der Waals surface area contributed by atoms with Crippen molar-refractivity contribution in [1.29, 1.82) is 0 Å².